The van der Waals surface area contributed by atoms with E-state index < -0.39 is 0 Å². The molecule has 1 amide bonds. The summed E-state index contributed by atoms with van der Waals surface area (Å²) in [5, 5.41) is 0. The molecular formula is C13H19N3O3. The van der Waals surface area contributed by atoms with Crippen LogP contribution in [0.3, 0.4) is 0 Å². The smallest absolute Gasteiger partial charge is 0.409 e. The Bertz CT molecular complexity index is 444. The van der Waals surface area contributed by atoms with Gasteiger partial charge in [0.15, 0.2) is 0 Å². The first kappa shape index (κ1) is 13.6. The van der Waals surface area contributed by atoms with Gasteiger partial charge in [-0.05, 0) is 20.8 Å². The first-order valence-corrected chi connectivity index (χ1v) is 6.49. The molecule has 2 heterocycles. The maximum atomic E-state index is 11.6. The molecular weight excluding hydrogens is 246 g/mol. The predicted octanol–water partition coefficient (Wildman–Crippen LogP) is 1.70. The van der Waals surface area contributed by atoms with E-state index >= 15 is 0 Å². The van der Waals surface area contributed by atoms with Gasteiger partial charge in [0.1, 0.15) is 11.9 Å². The number of aryl methyl sites for hydroxylation is 2. The number of carbonyl (C=O) groups excluding carboxylic acids is 1. The lowest BCUT2D eigenvalue weighted by atomic mass is 10.3. The first-order chi connectivity index (χ1) is 9.08. The van der Waals surface area contributed by atoms with Gasteiger partial charge < -0.3 is 14.4 Å². The van der Waals surface area contributed by atoms with Gasteiger partial charge in [0.25, 0.3) is 0 Å². The number of hydrogen-bond acceptors (Lipinski definition) is 5. The van der Waals surface area contributed by atoms with Crippen LogP contribution in [0.1, 0.15) is 24.9 Å². The van der Waals surface area contributed by atoms with Crippen LogP contribution in [0.2, 0.25) is 0 Å². The largest absolute Gasteiger partial charge is 0.472 e. The van der Waals surface area contributed by atoms with Crippen LogP contribution < -0.4 is 4.74 Å². The van der Waals surface area contributed by atoms with Crippen molar-refractivity contribution in [2.45, 2.75) is 33.3 Å². The summed E-state index contributed by atoms with van der Waals surface area (Å²) in [6.45, 7) is 7.13. The Morgan fingerprint density at radius 3 is 2.95 bits per heavy atom. The van der Waals surface area contributed by atoms with E-state index in [1.165, 1.54) is 0 Å². The van der Waals surface area contributed by atoms with Gasteiger partial charge in [-0.3, -0.25) is 0 Å². The average molecular weight is 265 g/mol. The number of hydrogen-bond donors (Lipinski definition) is 0. The van der Waals surface area contributed by atoms with Crippen molar-refractivity contribution >= 4 is 6.09 Å². The normalized spacial score (nSPS) is 18.5. The van der Waals surface area contributed by atoms with Crippen LogP contribution in [0.25, 0.3) is 0 Å². The molecule has 19 heavy (non-hydrogen) atoms. The van der Waals surface area contributed by atoms with Crippen molar-refractivity contribution in [3.63, 3.8) is 0 Å². The van der Waals surface area contributed by atoms with Crippen LogP contribution in [0.5, 0.6) is 5.88 Å². The van der Waals surface area contributed by atoms with E-state index in [9.17, 15) is 4.79 Å². The fourth-order valence-corrected chi connectivity index (χ4v) is 2.12. The zero-order valence-corrected chi connectivity index (χ0v) is 11.5. The van der Waals surface area contributed by atoms with Gasteiger partial charge in [-0.2, -0.15) is 4.98 Å². The highest BCUT2D eigenvalue weighted by atomic mass is 16.6. The zero-order valence-electron chi connectivity index (χ0n) is 11.5. The Kier molecular flexibility index (Phi) is 4.19. The lowest BCUT2D eigenvalue weighted by molar-refractivity contribution is 0.109. The first-order valence-electron chi connectivity index (χ1n) is 6.49. The lowest BCUT2D eigenvalue weighted by Crippen LogP contribution is -2.31. The van der Waals surface area contributed by atoms with E-state index in [4.69, 9.17) is 9.47 Å². The van der Waals surface area contributed by atoms with Crippen molar-refractivity contribution in [2.75, 3.05) is 19.7 Å². The van der Waals surface area contributed by atoms with Crippen LogP contribution in [0, 0.1) is 13.8 Å². The molecule has 1 atom stereocenters. The monoisotopic (exact) mass is 265 g/mol. The molecule has 1 aromatic heterocycles. The molecule has 1 aliphatic heterocycles. The predicted molar refractivity (Wildman–Crippen MR) is 69.1 cm³/mol. The second kappa shape index (κ2) is 5.86. The molecule has 1 aliphatic rings. The Balaban J connectivity index is 1.93. The van der Waals surface area contributed by atoms with Crippen LogP contribution in [-0.2, 0) is 4.74 Å². The minimum atomic E-state index is -0.274. The fraction of sp³-hybridized carbons (Fsp3) is 0.615. The van der Waals surface area contributed by atoms with E-state index in [0.717, 1.165) is 12.1 Å². The summed E-state index contributed by atoms with van der Waals surface area (Å²) in [7, 11) is 0. The summed E-state index contributed by atoms with van der Waals surface area (Å²) in [5.74, 6) is 1.26. The van der Waals surface area contributed by atoms with Gasteiger partial charge in [0.2, 0.25) is 5.88 Å². The van der Waals surface area contributed by atoms with Crippen molar-refractivity contribution in [3.05, 3.63) is 17.6 Å². The number of likely N-dealkylation sites (tertiary alicyclic amines) is 1. The minimum Gasteiger partial charge on any atom is -0.472 e. The Morgan fingerprint density at radius 1 is 1.47 bits per heavy atom. The van der Waals surface area contributed by atoms with E-state index in [1.807, 2.05) is 13.8 Å². The number of carbonyl (C=O) groups is 1. The number of nitrogens with zero attached hydrogens (tertiary/aromatic N) is 3. The molecule has 6 nitrogen and oxygen atoms in total. The van der Waals surface area contributed by atoms with Crippen molar-refractivity contribution in [1.29, 1.82) is 0 Å². The molecule has 2 rings (SSSR count). The number of amides is 1. The average Bonchev–Trinajstić information content (AvgIpc) is 2.76. The fourth-order valence-electron chi connectivity index (χ4n) is 2.12. The number of rotatable bonds is 3. The Hall–Kier alpha value is -1.85. The topological polar surface area (TPSA) is 64.5 Å². The van der Waals surface area contributed by atoms with Crippen molar-refractivity contribution in [3.8, 4) is 5.88 Å². The van der Waals surface area contributed by atoms with Crippen molar-refractivity contribution in [1.82, 2.24) is 14.9 Å². The van der Waals surface area contributed by atoms with Crippen LogP contribution in [0.15, 0.2) is 6.07 Å². The molecule has 0 aromatic carbocycles. The summed E-state index contributed by atoms with van der Waals surface area (Å²) >= 11 is 0. The number of aromatic nitrogens is 2. The quantitative estimate of drug-likeness (QED) is 0.832. The third kappa shape index (κ3) is 3.56. The maximum Gasteiger partial charge on any atom is 0.409 e. The molecule has 0 bridgehead atoms. The molecule has 0 saturated carbocycles. The van der Waals surface area contributed by atoms with Crippen molar-refractivity contribution in [2.24, 2.45) is 0 Å². The minimum absolute atomic E-state index is 0.0295. The highest BCUT2D eigenvalue weighted by molar-refractivity contribution is 5.67. The molecule has 6 heteroatoms. The van der Waals surface area contributed by atoms with Gasteiger partial charge in [-0.25, -0.2) is 9.78 Å². The SMILES string of the molecule is CCOC(=O)N1CC[C@H](Oc2cc(C)nc(C)n2)C1. The molecule has 0 N–H and O–H groups in total. The van der Waals surface area contributed by atoms with Gasteiger partial charge in [-0.15, -0.1) is 0 Å². The molecule has 104 valence electrons. The van der Waals surface area contributed by atoms with Gasteiger partial charge in [0, 0.05) is 24.7 Å². The summed E-state index contributed by atoms with van der Waals surface area (Å²) in [4.78, 5) is 21.7. The second-order valence-corrected chi connectivity index (χ2v) is 4.57. The second-order valence-electron chi connectivity index (χ2n) is 4.57. The van der Waals surface area contributed by atoms with Crippen LogP contribution >= 0.6 is 0 Å². The molecule has 0 aliphatic carbocycles. The summed E-state index contributed by atoms with van der Waals surface area (Å²) in [6, 6.07) is 1.81. The van der Waals surface area contributed by atoms with Crippen molar-refractivity contribution < 1.29 is 14.3 Å². The molecule has 1 saturated heterocycles. The van der Waals surface area contributed by atoms with E-state index in [2.05, 4.69) is 9.97 Å². The Labute approximate surface area is 112 Å². The molecule has 1 aromatic rings. The molecule has 0 spiro atoms. The number of ether oxygens (including phenoxy) is 2. The third-order valence-corrected chi connectivity index (χ3v) is 2.90. The highest BCUT2D eigenvalue weighted by Crippen LogP contribution is 2.18. The Morgan fingerprint density at radius 2 is 2.26 bits per heavy atom. The van der Waals surface area contributed by atoms with Crippen LogP contribution in [0.4, 0.5) is 4.79 Å². The third-order valence-electron chi connectivity index (χ3n) is 2.90. The van der Waals surface area contributed by atoms with E-state index in [-0.39, 0.29) is 12.2 Å². The van der Waals surface area contributed by atoms with Gasteiger partial charge >= 0.3 is 6.09 Å². The van der Waals surface area contributed by atoms with E-state index in [1.54, 1.807) is 17.9 Å². The zero-order chi connectivity index (χ0) is 13.8. The van der Waals surface area contributed by atoms with Gasteiger partial charge in [0.05, 0.1) is 13.2 Å². The van der Waals surface area contributed by atoms with Gasteiger partial charge in [-0.1, -0.05) is 0 Å². The summed E-state index contributed by atoms with van der Waals surface area (Å²) in [5.41, 5.74) is 0.878. The van der Waals surface area contributed by atoms with E-state index in [0.29, 0.717) is 31.4 Å². The summed E-state index contributed by atoms with van der Waals surface area (Å²) in [6.07, 6.45) is 0.489. The van der Waals surface area contributed by atoms with Crippen LogP contribution in [-0.4, -0.2) is 46.8 Å². The lowest BCUT2D eigenvalue weighted by Gasteiger charge is -2.16. The molecule has 1 fully saturated rings. The molecule has 0 radical (unpaired) electrons. The standard InChI is InChI=1S/C13H19N3O3/c1-4-18-13(17)16-6-5-11(8-16)19-12-7-9(2)14-10(3)15-12/h7,11H,4-6,8H2,1-3H3/t11-/m0/s1. The maximum absolute atomic E-state index is 11.6. The molecule has 0 unspecified atom stereocenters. The summed E-state index contributed by atoms with van der Waals surface area (Å²) < 4.78 is 10.8. The highest BCUT2D eigenvalue weighted by Gasteiger charge is 2.28.